The molecule has 0 aliphatic carbocycles. The molecule has 0 atom stereocenters. The average molecular weight is 303 g/mol. The quantitative estimate of drug-likeness (QED) is 0.734. The van der Waals surface area contributed by atoms with Crippen molar-refractivity contribution < 1.29 is 17.9 Å². The molecular formula is C9H10BrF3OS. The number of hydrogen-bond acceptors (Lipinski definition) is 2. The van der Waals surface area contributed by atoms with E-state index in [-0.39, 0.29) is 13.0 Å². The number of hydrogen-bond donors (Lipinski definition) is 0. The Hall–Kier alpha value is -0.0700. The Labute approximate surface area is 98.4 Å². The fraction of sp³-hybridized carbons (Fsp3) is 0.556. The first kappa shape index (κ1) is 13.0. The van der Waals surface area contributed by atoms with Gasteiger partial charge >= 0.3 is 6.18 Å². The molecule has 0 bridgehead atoms. The smallest absolute Gasteiger partial charge is 0.376 e. The highest BCUT2D eigenvalue weighted by Crippen LogP contribution is 2.23. The van der Waals surface area contributed by atoms with E-state index in [4.69, 9.17) is 4.74 Å². The van der Waals surface area contributed by atoms with Crippen LogP contribution in [0.1, 0.15) is 17.7 Å². The summed E-state index contributed by atoms with van der Waals surface area (Å²) in [6, 6.07) is 3.78. The second-order valence-corrected chi connectivity index (χ2v) is 5.52. The fourth-order valence-corrected chi connectivity index (χ4v) is 2.40. The summed E-state index contributed by atoms with van der Waals surface area (Å²) >= 11 is 4.82. The van der Waals surface area contributed by atoms with Crippen LogP contribution in [0.2, 0.25) is 0 Å². The molecule has 0 aromatic carbocycles. The molecule has 0 spiro atoms. The minimum absolute atomic E-state index is 0.0239. The Bertz CT molecular complexity index is 298. The molecule has 6 heteroatoms. The van der Waals surface area contributed by atoms with Gasteiger partial charge in [0.05, 0.1) is 10.4 Å². The first-order chi connectivity index (χ1) is 6.97. The molecule has 0 unspecified atom stereocenters. The maximum Gasteiger partial charge on any atom is 0.389 e. The predicted octanol–water partition coefficient (Wildman–Crippen LogP) is 4.37. The van der Waals surface area contributed by atoms with Gasteiger partial charge in [-0.1, -0.05) is 0 Å². The van der Waals surface area contributed by atoms with Crippen molar-refractivity contribution in [2.75, 3.05) is 6.61 Å². The third-order valence-corrected chi connectivity index (χ3v) is 3.22. The van der Waals surface area contributed by atoms with Crippen LogP contribution in [0.25, 0.3) is 0 Å². The van der Waals surface area contributed by atoms with Gasteiger partial charge in [0.15, 0.2) is 0 Å². The van der Waals surface area contributed by atoms with Gasteiger partial charge in [-0.25, -0.2) is 0 Å². The number of ether oxygens (including phenoxy) is 1. The zero-order valence-electron chi connectivity index (χ0n) is 7.81. The second-order valence-electron chi connectivity index (χ2n) is 2.98. The van der Waals surface area contributed by atoms with Crippen molar-refractivity contribution in [1.29, 1.82) is 0 Å². The molecule has 1 rings (SSSR count). The third kappa shape index (κ3) is 6.17. The van der Waals surface area contributed by atoms with E-state index in [1.165, 1.54) is 11.3 Å². The van der Waals surface area contributed by atoms with E-state index >= 15 is 0 Å². The first-order valence-electron chi connectivity index (χ1n) is 4.36. The van der Waals surface area contributed by atoms with Crippen molar-refractivity contribution >= 4 is 27.3 Å². The molecule has 86 valence electrons. The Morgan fingerprint density at radius 1 is 1.33 bits per heavy atom. The van der Waals surface area contributed by atoms with Crippen molar-refractivity contribution in [3.8, 4) is 0 Å². The van der Waals surface area contributed by atoms with E-state index in [1.807, 2.05) is 12.1 Å². The van der Waals surface area contributed by atoms with Crippen LogP contribution < -0.4 is 0 Å². The van der Waals surface area contributed by atoms with Gasteiger partial charge in [0.1, 0.15) is 0 Å². The fourth-order valence-electron chi connectivity index (χ4n) is 0.977. The highest BCUT2D eigenvalue weighted by molar-refractivity contribution is 9.11. The molecule has 1 nitrogen and oxygen atoms in total. The van der Waals surface area contributed by atoms with Crippen molar-refractivity contribution in [1.82, 2.24) is 0 Å². The predicted molar refractivity (Wildman–Crippen MR) is 57.0 cm³/mol. The zero-order valence-corrected chi connectivity index (χ0v) is 10.2. The summed E-state index contributed by atoms with van der Waals surface area (Å²) in [5.74, 6) is 0. The molecule has 15 heavy (non-hydrogen) atoms. The monoisotopic (exact) mass is 302 g/mol. The highest BCUT2D eigenvalue weighted by Gasteiger charge is 2.25. The molecule has 0 saturated heterocycles. The lowest BCUT2D eigenvalue weighted by Crippen LogP contribution is -2.08. The number of alkyl halides is 3. The van der Waals surface area contributed by atoms with Crippen molar-refractivity contribution in [2.24, 2.45) is 0 Å². The van der Waals surface area contributed by atoms with Crippen LogP contribution in [-0.4, -0.2) is 12.8 Å². The van der Waals surface area contributed by atoms with E-state index in [2.05, 4.69) is 15.9 Å². The summed E-state index contributed by atoms with van der Waals surface area (Å²) in [6.45, 7) is 0.531. The van der Waals surface area contributed by atoms with Crippen LogP contribution in [0.5, 0.6) is 0 Å². The molecule has 1 aromatic rings. The molecule has 0 N–H and O–H groups in total. The van der Waals surface area contributed by atoms with E-state index in [9.17, 15) is 13.2 Å². The molecule has 1 aromatic heterocycles. The van der Waals surface area contributed by atoms with Gasteiger partial charge in [-0.2, -0.15) is 13.2 Å². The lowest BCUT2D eigenvalue weighted by molar-refractivity contribution is -0.138. The lowest BCUT2D eigenvalue weighted by Gasteiger charge is -2.05. The van der Waals surface area contributed by atoms with Crippen LogP contribution in [0, 0.1) is 0 Å². The van der Waals surface area contributed by atoms with Gasteiger partial charge in [-0.15, -0.1) is 11.3 Å². The van der Waals surface area contributed by atoms with E-state index in [1.54, 1.807) is 0 Å². The van der Waals surface area contributed by atoms with E-state index in [0.29, 0.717) is 6.61 Å². The first-order valence-corrected chi connectivity index (χ1v) is 5.97. The van der Waals surface area contributed by atoms with Gasteiger partial charge in [0.2, 0.25) is 0 Å². The molecule has 0 aliphatic rings. The minimum atomic E-state index is -4.07. The van der Waals surface area contributed by atoms with Crippen LogP contribution in [0.15, 0.2) is 15.9 Å². The Kier molecular flexibility index (Phi) is 5.08. The standard InChI is InChI=1S/C9H10BrF3OS/c10-8-3-2-7(15-8)6-14-5-1-4-9(11,12)13/h2-3H,1,4-6H2. The maximum atomic E-state index is 11.7. The average Bonchev–Trinajstić information content (AvgIpc) is 2.49. The number of rotatable bonds is 5. The summed E-state index contributed by atoms with van der Waals surface area (Å²) in [5.41, 5.74) is 0. The van der Waals surface area contributed by atoms with Crippen LogP contribution in [-0.2, 0) is 11.3 Å². The Balaban J connectivity index is 2.07. The molecule has 0 fully saturated rings. The number of thiophene rings is 1. The van der Waals surface area contributed by atoms with Gasteiger partial charge in [-0.05, 0) is 34.5 Å². The van der Waals surface area contributed by atoms with Crippen molar-refractivity contribution in [3.63, 3.8) is 0 Å². The topological polar surface area (TPSA) is 9.23 Å². The van der Waals surface area contributed by atoms with Crippen LogP contribution in [0.3, 0.4) is 0 Å². The van der Waals surface area contributed by atoms with E-state index in [0.717, 1.165) is 8.66 Å². The highest BCUT2D eigenvalue weighted by atomic mass is 79.9. The zero-order chi connectivity index (χ0) is 11.3. The molecule has 0 radical (unpaired) electrons. The minimum Gasteiger partial charge on any atom is -0.376 e. The van der Waals surface area contributed by atoms with E-state index < -0.39 is 12.6 Å². The second kappa shape index (κ2) is 5.86. The summed E-state index contributed by atoms with van der Waals surface area (Å²) in [4.78, 5) is 1.01. The molecule has 0 aliphatic heterocycles. The molecule has 1 heterocycles. The van der Waals surface area contributed by atoms with Crippen molar-refractivity contribution in [3.05, 3.63) is 20.8 Å². The molecule has 0 saturated carbocycles. The molecule has 0 amide bonds. The summed E-state index contributed by atoms with van der Waals surface area (Å²) in [6.07, 6.45) is -4.83. The van der Waals surface area contributed by atoms with Gasteiger partial charge in [-0.3, -0.25) is 0 Å². The van der Waals surface area contributed by atoms with Gasteiger partial charge in [0.25, 0.3) is 0 Å². The van der Waals surface area contributed by atoms with Crippen LogP contribution in [0.4, 0.5) is 13.2 Å². The van der Waals surface area contributed by atoms with Crippen LogP contribution >= 0.6 is 27.3 Å². The Morgan fingerprint density at radius 3 is 2.60 bits per heavy atom. The normalized spacial score (nSPS) is 12.0. The largest absolute Gasteiger partial charge is 0.389 e. The third-order valence-electron chi connectivity index (χ3n) is 1.62. The number of halogens is 4. The van der Waals surface area contributed by atoms with Crippen molar-refractivity contribution in [2.45, 2.75) is 25.6 Å². The molecular weight excluding hydrogens is 293 g/mol. The summed E-state index contributed by atoms with van der Waals surface area (Å²) < 4.78 is 41.4. The van der Waals surface area contributed by atoms with Gasteiger partial charge < -0.3 is 4.74 Å². The SMILES string of the molecule is FC(F)(F)CCCOCc1ccc(Br)s1. The summed E-state index contributed by atoms with van der Waals surface area (Å²) in [7, 11) is 0. The van der Waals surface area contributed by atoms with Gasteiger partial charge in [0, 0.05) is 17.9 Å². The lowest BCUT2D eigenvalue weighted by atomic mass is 10.3. The maximum absolute atomic E-state index is 11.7. The Morgan fingerprint density at radius 2 is 2.07 bits per heavy atom. The summed E-state index contributed by atoms with van der Waals surface area (Å²) in [5, 5.41) is 0.